The largest absolute Gasteiger partial charge is 0.657 e. The van der Waals surface area contributed by atoms with Crippen molar-refractivity contribution in [1.82, 2.24) is 19.9 Å². The van der Waals surface area contributed by atoms with Crippen molar-refractivity contribution in [3.63, 3.8) is 0 Å². The predicted octanol–water partition coefficient (Wildman–Crippen LogP) is 1.70. The molecule has 8 bridgehead atoms. The molecule has 0 spiro atoms. The van der Waals surface area contributed by atoms with Gasteiger partial charge in [0.2, 0.25) is 0 Å². The van der Waals surface area contributed by atoms with Crippen LogP contribution in [0.1, 0.15) is 80.1 Å². The number of carboxylic acid groups (broad SMARTS) is 2. The average molecular weight is 616 g/mol. The maximum Gasteiger partial charge on any atom is 0.303 e. The van der Waals surface area contributed by atoms with Gasteiger partial charge in [0.1, 0.15) is 0 Å². The minimum Gasteiger partial charge on any atom is -0.657 e. The minimum absolute atomic E-state index is 0. The number of aliphatic carboxylic acids is 2. The van der Waals surface area contributed by atoms with Gasteiger partial charge in [0.25, 0.3) is 0 Å². The summed E-state index contributed by atoms with van der Waals surface area (Å²) in [5.41, 5.74) is 9.84. The maximum atomic E-state index is 11.5. The summed E-state index contributed by atoms with van der Waals surface area (Å²) in [5, 5.41) is 21.7. The molecule has 1 radical (unpaired) electrons. The first-order chi connectivity index (χ1) is 20.0. The molecular formula is C34H32MnN4O4-4. The van der Waals surface area contributed by atoms with Gasteiger partial charge in [-0.1, -0.05) is 83.0 Å². The van der Waals surface area contributed by atoms with Gasteiger partial charge < -0.3 is 30.1 Å². The van der Waals surface area contributed by atoms with Crippen LogP contribution in [-0.2, 0) is 39.5 Å². The third-order valence-corrected chi connectivity index (χ3v) is 8.06. The summed E-state index contributed by atoms with van der Waals surface area (Å²) in [6.07, 6.45) is 11.7. The molecular weight excluding hydrogens is 583 g/mol. The second kappa shape index (κ2) is 12.4. The fourth-order valence-electron chi connectivity index (χ4n) is 5.61. The molecule has 5 rings (SSSR count). The van der Waals surface area contributed by atoms with Crippen LogP contribution in [0.5, 0.6) is 0 Å². The zero-order valence-electron chi connectivity index (χ0n) is 24.6. The van der Waals surface area contributed by atoms with Crippen molar-refractivity contribution in [2.75, 3.05) is 0 Å². The van der Waals surface area contributed by atoms with Gasteiger partial charge in [-0.05, 0) is 51.7 Å². The van der Waals surface area contributed by atoms with Gasteiger partial charge in [0.05, 0.1) is 0 Å². The van der Waals surface area contributed by atoms with Crippen LogP contribution in [0.3, 0.4) is 0 Å². The number of fused-ring (bicyclic) bond motifs is 8. The van der Waals surface area contributed by atoms with Crippen molar-refractivity contribution in [2.45, 2.75) is 53.4 Å². The van der Waals surface area contributed by atoms with E-state index >= 15 is 0 Å². The first-order valence-electron chi connectivity index (χ1n) is 13.8. The molecule has 8 nitrogen and oxygen atoms in total. The molecule has 9 heteroatoms. The van der Waals surface area contributed by atoms with E-state index in [1.165, 1.54) is 0 Å². The number of hydrogen-bond donors (Lipinski definition) is 2. The normalized spacial score (nSPS) is 15.0. The summed E-state index contributed by atoms with van der Waals surface area (Å²) in [5.74, 6) is -1.80. The van der Waals surface area contributed by atoms with Gasteiger partial charge in [-0.3, -0.25) is 9.59 Å². The topological polar surface area (TPSA) is 131 Å². The minimum atomic E-state index is -0.898. The monoisotopic (exact) mass is 615 g/mol. The van der Waals surface area contributed by atoms with Crippen molar-refractivity contribution >= 4 is 48.4 Å². The van der Waals surface area contributed by atoms with E-state index in [0.717, 1.165) is 61.2 Å². The fraction of sp³-hybridized carbons (Fsp3) is 0.235. The molecule has 0 atom stereocenters. The Hall–Kier alpha value is -4.46. The van der Waals surface area contributed by atoms with Crippen LogP contribution in [-0.4, -0.2) is 22.2 Å². The van der Waals surface area contributed by atoms with Crippen LogP contribution >= 0.6 is 0 Å². The van der Waals surface area contributed by atoms with Crippen LogP contribution < -0.4 is 41.3 Å². The van der Waals surface area contributed by atoms with Crippen LogP contribution in [0, 0.1) is 27.7 Å². The summed E-state index contributed by atoms with van der Waals surface area (Å²) in [6.45, 7) is 15.9. The first-order valence-corrected chi connectivity index (χ1v) is 13.8. The standard InChI is InChI=1S/C34H32N4O4.Mn/c1-7-21-17(3)25-13-26-19(5)23(9-11-33(39)40)31(37-26)16-32-24(10-12-34(41)42)20(6)28(38-32)15-30-22(8-2)18(4)27(36-30)14-29(21)35-25;/h7-8,13-16H,1-2,9-12H2,3-6H3,(H,39,40)(H,41,42);/q-4;/b25-13?,26-13-,27-14-,28-15?,29-14?,30-15-,31-16-,32-16?;. The first kappa shape index (κ1) is 31.5. The summed E-state index contributed by atoms with van der Waals surface area (Å²) >= 11 is 0. The average Bonchev–Trinajstić information content (AvgIpc) is 3.59. The van der Waals surface area contributed by atoms with Crippen LogP contribution in [0.25, 0.3) is 36.5 Å². The number of carboxylic acids is 2. The van der Waals surface area contributed by atoms with Gasteiger partial charge in [0, 0.05) is 29.9 Å². The molecule has 5 heterocycles. The Balaban J connectivity index is 0.00000423. The van der Waals surface area contributed by atoms with Crippen molar-refractivity contribution in [1.29, 1.82) is 0 Å². The molecule has 0 amide bonds. The van der Waals surface area contributed by atoms with Gasteiger partial charge in [-0.2, -0.15) is 0 Å². The number of carbonyl (C=O) groups is 2. The quantitative estimate of drug-likeness (QED) is 0.253. The molecule has 0 aliphatic carbocycles. The molecule has 43 heavy (non-hydrogen) atoms. The molecule has 0 aromatic carbocycles. The molecule has 0 saturated carbocycles. The summed E-state index contributed by atoms with van der Waals surface area (Å²) < 4.78 is 0. The van der Waals surface area contributed by atoms with Crippen LogP contribution in [0.2, 0.25) is 0 Å². The van der Waals surface area contributed by atoms with Crippen molar-refractivity contribution < 1.29 is 36.9 Å². The molecule has 4 aromatic rings. The van der Waals surface area contributed by atoms with Crippen molar-refractivity contribution in [3.05, 3.63) is 102 Å². The molecule has 223 valence electrons. The maximum absolute atomic E-state index is 11.5. The predicted molar refractivity (Wildman–Crippen MR) is 163 cm³/mol. The summed E-state index contributed by atoms with van der Waals surface area (Å²) in [6, 6.07) is 0. The number of hydrogen-bond acceptors (Lipinski definition) is 2. The fourth-order valence-corrected chi connectivity index (χ4v) is 5.61. The van der Waals surface area contributed by atoms with Gasteiger partial charge in [-0.25, -0.2) is 0 Å². The Kier molecular flexibility index (Phi) is 9.09. The third-order valence-electron chi connectivity index (χ3n) is 8.06. The van der Waals surface area contributed by atoms with E-state index < -0.39 is 11.9 Å². The SMILES string of the molecule is C=Cc1c2[n-]c(c1C)/C=c1\[n-]/c(c(CCC(=O)O)c1C)=C\c1[n-]c(c(C)c1CCC(=O)O)/C=c1\[n-]/c(c(C)c1C=C)=C\2.[Mn]. The molecule has 0 fully saturated rings. The number of nitrogens with zero attached hydrogens (tertiary/aromatic N) is 4. The van der Waals surface area contributed by atoms with Crippen molar-refractivity contribution in [2.24, 2.45) is 0 Å². The molecule has 4 aromatic heterocycles. The van der Waals surface area contributed by atoms with E-state index in [4.69, 9.17) is 19.9 Å². The van der Waals surface area contributed by atoms with Crippen LogP contribution in [0.15, 0.2) is 13.2 Å². The molecule has 2 N–H and O–H groups in total. The van der Waals surface area contributed by atoms with E-state index in [9.17, 15) is 19.8 Å². The van der Waals surface area contributed by atoms with Crippen LogP contribution in [0.4, 0.5) is 0 Å². The molecule has 1 aliphatic heterocycles. The summed E-state index contributed by atoms with van der Waals surface area (Å²) in [4.78, 5) is 42.7. The molecule has 0 unspecified atom stereocenters. The summed E-state index contributed by atoms with van der Waals surface area (Å²) in [7, 11) is 0. The van der Waals surface area contributed by atoms with Gasteiger partial charge >= 0.3 is 11.9 Å². The van der Waals surface area contributed by atoms with E-state index in [2.05, 4.69) is 13.2 Å². The Morgan fingerprint density at radius 2 is 1.09 bits per heavy atom. The van der Waals surface area contributed by atoms with E-state index in [1.807, 2.05) is 52.0 Å². The zero-order chi connectivity index (χ0) is 30.3. The number of rotatable bonds is 8. The van der Waals surface area contributed by atoms with E-state index in [1.54, 1.807) is 12.2 Å². The second-order valence-corrected chi connectivity index (χ2v) is 10.6. The number of aromatic nitrogens is 4. The Bertz CT molecular complexity index is 2030. The zero-order valence-corrected chi connectivity index (χ0v) is 25.8. The smallest absolute Gasteiger partial charge is 0.303 e. The second-order valence-electron chi connectivity index (χ2n) is 10.6. The third kappa shape index (κ3) is 5.91. The van der Waals surface area contributed by atoms with E-state index in [0.29, 0.717) is 40.3 Å². The Morgan fingerprint density at radius 1 is 0.605 bits per heavy atom. The van der Waals surface area contributed by atoms with Crippen molar-refractivity contribution in [3.8, 4) is 0 Å². The molecule has 1 aliphatic rings. The Morgan fingerprint density at radius 3 is 1.72 bits per heavy atom. The Labute approximate surface area is 259 Å². The molecule has 0 saturated heterocycles. The van der Waals surface area contributed by atoms with Gasteiger partial charge in [0.15, 0.2) is 0 Å². The van der Waals surface area contributed by atoms with Gasteiger partial charge in [-0.15, -0.1) is 44.2 Å². The van der Waals surface area contributed by atoms with E-state index in [-0.39, 0.29) is 29.9 Å².